The van der Waals surface area contributed by atoms with Gasteiger partial charge in [-0.3, -0.25) is 4.90 Å². The number of benzene rings is 1. The van der Waals surface area contributed by atoms with E-state index in [2.05, 4.69) is 56.5 Å². The zero-order chi connectivity index (χ0) is 12.8. The van der Waals surface area contributed by atoms with Gasteiger partial charge in [-0.25, -0.2) is 0 Å². The van der Waals surface area contributed by atoms with E-state index < -0.39 is 0 Å². The van der Waals surface area contributed by atoms with Gasteiger partial charge in [0, 0.05) is 35.5 Å². The molecule has 1 heterocycles. The Labute approximate surface area is 121 Å². The highest BCUT2D eigenvalue weighted by Gasteiger charge is 2.09. The van der Waals surface area contributed by atoms with Crippen LogP contribution in [0.25, 0.3) is 0 Å². The summed E-state index contributed by atoms with van der Waals surface area (Å²) in [4.78, 5) is 3.74. The van der Waals surface area contributed by atoms with Crippen molar-refractivity contribution in [1.82, 2.24) is 4.90 Å². The highest BCUT2D eigenvalue weighted by atomic mass is 79.9. The van der Waals surface area contributed by atoms with E-state index in [0.29, 0.717) is 6.54 Å². The number of hydrogen-bond acceptors (Lipinski definition) is 3. The fraction of sp³-hybridized carbons (Fsp3) is 0.286. The fourth-order valence-corrected chi connectivity index (χ4v) is 3.40. The molecule has 2 rings (SSSR count). The molecule has 0 saturated heterocycles. The number of halogens is 1. The number of thiophene rings is 1. The molecule has 0 saturated carbocycles. The van der Waals surface area contributed by atoms with Gasteiger partial charge >= 0.3 is 0 Å². The summed E-state index contributed by atoms with van der Waals surface area (Å²) in [6.45, 7) is 3.50. The number of nitrogens with two attached hydrogens (primary N) is 1. The molecule has 0 fully saturated rings. The van der Waals surface area contributed by atoms with Gasteiger partial charge in [0.05, 0.1) is 0 Å². The third kappa shape index (κ3) is 3.92. The van der Waals surface area contributed by atoms with Crippen LogP contribution < -0.4 is 5.73 Å². The van der Waals surface area contributed by atoms with Crippen molar-refractivity contribution in [1.29, 1.82) is 0 Å². The standard InChI is InChI=1S/C14H17BrN2S/c15-13-6-9-18-14(13)11-17(8-7-16)10-12-4-2-1-3-5-12/h1-6,9H,7-8,10-11,16H2. The highest BCUT2D eigenvalue weighted by Crippen LogP contribution is 2.24. The SMILES string of the molecule is NCCN(Cc1ccccc1)Cc1sccc1Br. The maximum Gasteiger partial charge on any atom is 0.0343 e. The molecule has 0 aliphatic carbocycles. The Balaban J connectivity index is 2.02. The van der Waals surface area contributed by atoms with E-state index in [1.54, 1.807) is 11.3 Å². The fourth-order valence-electron chi connectivity index (χ4n) is 1.88. The molecule has 4 heteroatoms. The van der Waals surface area contributed by atoms with Crippen LogP contribution >= 0.6 is 27.3 Å². The van der Waals surface area contributed by atoms with Crippen LogP contribution in [0.1, 0.15) is 10.4 Å². The van der Waals surface area contributed by atoms with E-state index >= 15 is 0 Å². The van der Waals surface area contributed by atoms with Crippen LogP contribution in [0.15, 0.2) is 46.3 Å². The van der Waals surface area contributed by atoms with E-state index in [9.17, 15) is 0 Å². The summed E-state index contributed by atoms with van der Waals surface area (Å²) in [6.07, 6.45) is 0. The van der Waals surface area contributed by atoms with Crippen molar-refractivity contribution in [3.8, 4) is 0 Å². The quantitative estimate of drug-likeness (QED) is 0.881. The topological polar surface area (TPSA) is 29.3 Å². The Bertz CT molecular complexity index is 470. The van der Waals surface area contributed by atoms with Crippen molar-refractivity contribution in [3.05, 3.63) is 56.7 Å². The molecule has 0 atom stereocenters. The molecular weight excluding hydrogens is 308 g/mol. The Morgan fingerprint density at radius 2 is 1.89 bits per heavy atom. The third-order valence-corrected chi connectivity index (χ3v) is 4.66. The van der Waals surface area contributed by atoms with Crippen molar-refractivity contribution in [3.63, 3.8) is 0 Å². The summed E-state index contributed by atoms with van der Waals surface area (Å²) in [5.74, 6) is 0. The van der Waals surface area contributed by atoms with E-state index in [1.807, 2.05) is 6.07 Å². The first-order valence-corrected chi connectivity index (χ1v) is 7.65. The minimum Gasteiger partial charge on any atom is -0.329 e. The average Bonchev–Trinajstić information content (AvgIpc) is 2.77. The predicted octanol–water partition coefficient (Wildman–Crippen LogP) is 3.47. The Morgan fingerprint density at radius 3 is 2.50 bits per heavy atom. The predicted molar refractivity (Wildman–Crippen MR) is 81.6 cm³/mol. The number of nitrogens with zero attached hydrogens (tertiary/aromatic N) is 1. The Hall–Kier alpha value is -0.680. The van der Waals surface area contributed by atoms with Crippen LogP contribution in [-0.4, -0.2) is 18.0 Å². The Morgan fingerprint density at radius 1 is 1.11 bits per heavy atom. The molecule has 0 aliphatic rings. The smallest absolute Gasteiger partial charge is 0.0343 e. The summed E-state index contributed by atoms with van der Waals surface area (Å²) >= 11 is 5.37. The zero-order valence-electron chi connectivity index (χ0n) is 10.2. The third-order valence-electron chi connectivity index (χ3n) is 2.75. The summed E-state index contributed by atoms with van der Waals surface area (Å²) in [5.41, 5.74) is 7.03. The van der Waals surface area contributed by atoms with Gasteiger partial charge in [-0.05, 0) is 32.9 Å². The molecule has 0 radical (unpaired) electrons. The molecule has 1 aromatic carbocycles. The molecule has 0 bridgehead atoms. The molecule has 2 aromatic rings. The summed E-state index contributed by atoms with van der Waals surface area (Å²) in [7, 11) is 0. The molecule has 0 aliphatic heterocycles. The van der Waals surface area contributed by atoms with E-state index in [0.717, 1.165) is 19.6 Å². The van der Waals surface area contributed by atoms with Gasteiger partial charge in [-0.15, -0.1) is 11.3 Å². The van der Waals surface area contributed by atoms with E-state index in [1.165, 1.54) is 14.9 Å². The van der Waals surface area contributed by atoms with Crippen LogP contribution in [0.4, 0.5) is 0 Å². The summed E-state index contributed by atoms with van der Waals surface area (Å²) in [5, 5.41) is 2.11. The molecular formula is C14H17BrN2S. The van der Waals surface area contributed by atoms with Gasteiger partial charge in [0.2, 0.25) is 0 Å². The second kappa shape index (κ2) is 7.04. The molecule has 2 nitrogen and oxygen atoms in total. The second-order valence-corrected chi connectivity index (χ2v) is 6.03. The average molecular weight is 325 g/mol. The minimum atomic E-state index is 0.690. The molecule has 0 spiro atoms. The van der Waals surface area contributed by atoms with Crippen molar-refractivity contribution in [2.75, 3.05) is 13.1 Å². The monoisotopic (exact) mass is 324 g/mol. The minimum absolute atomic E-state index is 0.690. The lowest BCUT2D eigenvalue weighted by Gasteiger charge is -2.21. The summed E-state index contributed by atoms with van der Waals surface area (Å²) in [6, 6.07) is 12.6. The van der Waals surface area contributed by atoms with E-state index in [4.69, 9.17) is 5.73 Å². The van der Waals surface area contributed by atoms with Crippen molar-refractivity contribution >= 4 is 27.3 Å². The lowest BCUT2D eigenvalue weighted by atomic mass is 10.2. The van der Waals surface area contributed by atoms with Crippen LogP contribution in [0, 0.1) is 0 Å². The second-order valence-electron chi connectivity index (χ2n) is 4.18. The molecule has 18 heavy (non-hydrogen) atoms. The van der Waals surface area contributed by atoms with Crippen LogP contribution in [0.5, 0.6) is 0 Å². The van der Waals surface area contributed by atoms with Crippen LogP contribution in [-0.2, 0) is 13.1 Å². The number of hydrogen-bond donors (Lipinski definition) is 1. The van der Waals surface area contributed by atoms with Crippen LogP contribution in [0.3, 0.4) is 0 Å². The normalized spacial score (nSPS) is 11.1. The first-order chi connectivity index (χ1) is 8.79. The van der Waals surface area contributed by atoms with E-state index in [-0.39, 0.29) is 0 Å². The largest absolute Gasteiger partial charge is 0.329 e. The van der Waals surface area contributed by atoms with Gasteiger partial charge in [-0.2, -0.15) is 0 Å². The van der Waals surface area contributed by atoms with Crippen molar-refractivity contribution in [2.24, 2.45) is 5.73 Å². The van der Waals surface area contributed by atoms with Gasteiger partial charge in [0.1, 0.15) is 0 Å². The zero-order valence-corrected chi connectivity index (χ0v) is 12.6. The van der Waals surface area contributed by atoms with Crippen LogP contribution in [0.2, 0.25) is 0 Å². The molecule has 0 amide bonds. The first kappa shape index (κ1) is 13.7. The van der Waals surface area contributed by atoms with Gasteiger partial charge < -0.3 is 5.73 Å². The summed E-state index contributed by atoms with van der Waals surface area (Å²) < 4.78 is 1.20. The van der Waals surface area contributed by atoms with Gasteiger partial charge in [-0.1, -0.05) is 30.3 Å². The van der Waals surface area contributed by atoms with Gasteiger partial charge in [0.15, 0.2) is 0 Å². The first-order valence-electron chi connectivity index (χ1n) is 5.98. The van der Waals surface area contributed by atoms with Crippen molar-refractivity contribution < 1.29 is 0 Å². The molecule has 0 unspecified atom stereocenters. The maximum atomic E-state index is 5.70. The molecule has 2 N–H and O–H groups in total. The Kier molecular flexibility index (Phi) is 5.38. The van der Waals surface area contributed by atoms with Crippen molar-refractivity contribution in [2.45, 2.75) is 13.1 Å². The lowest BCUT2D eigenvalue weighted by molar-refractivity contribution is 0.266. The van der Waals surface area contributed by atoms with Gasteiger partial charge in [0.25, 0.3) is 0 Å². The highest BCUT2D eigenvalue weighted by molar-refractivity contribution is 9.10. The maximum absolute atomic E-state index is 5.70. The molecule has 1 aromatic heterocycles. The molecule has 96 valence electrons. The number of rotatable bonds is 6. The lowest BCUT2D eigenvalue weighted by Crippen LogP contribution is -2.28.